The number of nitro benzene ring substituents is 1. The van der Waals surface area contributed by atoms with Gasteiger partial charge in [0.25, 0.3) is 5.69 Å². The molecule has 0 heterocycles. The van der Waals surface area contributed by atoms with E-state index < -0.39 is 4.92 Å². The molecule has 1 aromatic rings. The molecule has 0 aliphatic heterocycles. The molecule has 1 fully saturated rings. The van der Waals surface area contributed by atoms with Gasteiger partial charge in [0.05, 0.1) is 4.92 Å². The maximum Gasteiger partial charge on any atom is 0.272 e. The van der Waals surface area contributed by atoms with Gasteiger partial charge < -0.3 is 11.1 Å². The molecule has 0 atom stereocenters. The molecule has 0 aromatic heterocycles. The lowest BCUT2D eigenvalue weighted by atomic mass is 9.75. The second kappa shape index (κ2) is 5.58. The summed E-state index contributed by atoms with van der Waals surface area (Å²) in [6.45, 7) is 1.98. The number of hydrogen-bond acceptors (Lipinski definition) is 4. The smallest absolute Gasteiger partial charge is 0.272 e. The van der Waals surface area contributed by atoms with Gasteiger partial charge in [-0.3, -0.25) is 14.9 Å². The lowest BCUT2D eigenvalue weighted by molar-refractivity contribution is -0.385. The highest BCUT2D eigenvalue weighted by Gasteiger charge is 2.34. The van der Waals surface area contributed by atoms with Crippen LogP contribution in [0.1, 0.15) is 36.8 Å². The number of nitrogens with two attached hydrogens (primary N) is 1. The van der Waals surface area contributed by atoms with E-state index in [-0.39, 0.29) is 17.1 Å². The van der Waals surface area contributed by atoms with Crippen LogP contribution >= 0.6 is 0 Å². The molecule has 6 heteroatoms. The van der Waals surface area contributed by atoms with Gasteiger partial charge in [0, 0.05) is 30.1 Å². The van der Waals surface area contributed by atoms with Gasteiger partial charge in [0.2, 0.25) is 5.91 Å². The molecule has 1 aliphatic carbocycles. The molecular formula is C14H19N3O3. The Balaban J connectivity index is 1.95. The quantitative estimate of drug-likeness (QED) is 0.633. The van der Waals surface area contributed by atoms with Gasteiger partial charge in [-0.15, -0.1) is 0 Å². The van der Waals surface area contributed by atoms with Crippen LogP contribution in [-0.4, -0.2) is 16.4 Å². The van der Waals surface area contributed by atoms with Crippen molar-refractivity contribution in [2.75, 3.05) is 0 Å². The van der Waals surface area contributed by atoms with E-state index in [4.69, 9.17) is 5.73 Å². The standard InChI is InChI=1S/C14H19N3O3/c1-10-11(4-2-5-12(10)17(19)20)9-16-13(18)8-14(15)6-3-7-14/h2,4-5H,3,6-9,15H2,1H3,(H,16,18). The van der Waals surface area contributed by atoms with Gasteiger partial charge >= 0.3 is 0 Å². The van der Waals surface area contributed by atoms with Crippen LogP contribution in [0.25, 0.3) is 0 Å². The zero-order valence-electron chi connectivity index (χ0n) is 11.5. The highest BCUT2D eigenvalue weighted by molar-refractivity contribution is 5.77. The van der Waals surface area contributed by atoms with Crippen molar-refractivity contribution in [3.05, 3.63) is 39.4 Å². The van der Waals surface area contributed by atoms with E-state index in [2.05, 4.69) is 5.32 Å². The highest BCUT2D eigenvalue weighted by Crippen LogP contribution is 2.32. The van der Waals surface area contributed by atoms with Crippen LogP contribution in [0.3, 0.4) is 0 Å². The summed E-state index contributed by atoms with van der Waals surface area (Å²) >= 11 is 0. The second-order valence-corrected chi connectivity index (χ2v) is 5.49. The van der Waals surface area contributed by atoms with E-state index in [9.17, 15) is 14.9 Å². The molecule has 2 rings (SSSR count). The van der Waals surface area contributed by atoms with Crippen molar-refractivity contribution in [3.8, 4) is 0 Å². The Morgan fingerprint density at radius 1 is 1.50 bits per heavy atom. The first-order valence-electron chi connectivity index (χ1n) is 6.70. The topological polar surface area (TPSA) is 98.3 Å². The number of nitrogens with zero attached hydrogens (tertiary/aromatic N) is 1. The minimum atomic E-state index is -0.413. The summed E-state index contributed by atoms with van der Waals surface area (Å²) in [5.74, 6) is -0.0990. The molecule has 1 saturated carbocycles. The Labute approximate surface area is 117 Å². The predicted octanol–water partition coefficient (Wildman–Crippen LogP) is 1.79. The van der Waals surface area contributed by atoms with E-state index in [1.54, 1.807) is 19.1 Å². The van der Waals surface area contributed by atoms with E-state index in [0.717, 1.165) is 24.8 Å². The summed E-state index contributed by atoms with van der Waals surface area (Å²) in [5.41, 5.74) is 7.09. The minimum Gasteiger partial charge on any atom is -0.352 e. The minimum absolute atomic E-state index is 0.0750. The first kappa shape index (κ1) is 14.5. The number of nitrogens with one attached hydrogen (secondary N) is 1. The molecule has 0 unspecified atom stereocenters. The van der Waals surface area contributed by atoms with Gasteiger partial charge in [0.1, 0.15) is 0 Å². The van der Waals surface area contributed by atoms with Crippen LogP contribution < -0.4 is 11.1 Å². The molecule has 1 aromatic carbocycles. The maximum atomic E-state index is 11.8. The number of benzene rings is 1. The molecule has 0 saturated heterocycles. The Bertz CT molecular complexity index is 538. The maximum absolute atomic E-state index is 11.8. The summed E-state index contributed by atoms with van der Waals surface area (Å²) in [6, 6.07) is 4.87. The molecule has 0 radical (unpaired) electrons. The third-order valence-electron chi connectivity index (χ3n) is 3.95. The number of carbonyl (C=O) groups is 1. The number of hydrogen-bond donors (Lipinski definition) is 2. The first-order chi connectivity index (χ1) is 9.41. The molecule has 20 heavy (non-hydrogen) atoms. The fourth-order valence-electron chi connectivity index (χ4n) is 2.44. The summed E-state index contributed by atoms with van der Waals surface area (Å²) in [6.07, 6.45) is 3.17. The van der Waals surface area contributed by atoms with Crippen LogP contribution in [0.5, 0.6) is 0 Å². The SMILES string of the molecule is Cc1c(CNC(=O)CC2(N)CCC2)cccc1[N+](=O)[O-]. The van der Waals surface area contributed by atoms with Gasteiger partial charge in [-0.2, -0.15) is 0 Å². The lowest BCUT2D eigenvalue weighted by Crippen LogP contribution is -2.49. The van der Waals surface area contributed by atoms with Crippen molar-refractivity contribution in [2.24, 2.45) is 5.73 Å². The molecule has 0 spiro atoms. The van der Waals surface area contributed by atoms with Crippen molar-refractivity contribution in [1.82, 2.24) is 5.32 Å². The highest BCUT2D eigenvalue weighted by atomic mass is 16.6. The van der Waals surface area contributed by atoms with E-state index in [1.807, 2.05) is 0 Å². The van der Waals surface area contributed by atoms with Gasteiger partial charge in [-0.1, -0.05) is 12.1 Å². The summed E-state index contributed by atoms with van der Waals surface area (Å²) in [5, 5.41) is 13.6. The fraction of sp³-hybridized carbons (Fsp3) is 0.500. The predicted molar refractivity (Wildman–Crippen MR) is 75.1 cm³/mol. The number of amides is 1. The Morgan fingerprint density at radius 2 is 2.20 bits per heavy atom. The van der Waals surface area contributed by atoms with E-state index >= 15 is 0 Å². The molecule has 0 bridgehead atoms. The van der Waals surface area contributed by atoms with E-state index in [0.29, 0.717) is 18.5 Å². The Morgan fingerprint density at radius 3 is 2.75 bits per heavy atom. The van der Waals surface area contributed by atoms with Crippen molar-refractivity contribution in [2.45, 2.75) is 44.7 Å². The van der Waals surface area contributed by atoms with Crippen molar-refractivity contribution in [3.63, 3.8) is 0 Å². The normalized spacial score (nSPS) is 16.3. The molecular weight excluding hydrogens is 258 g/mol. The number of carbonyl (C=O) groups excluding carboxylic acids is 1. The van der Waals surface area contributed by atoms with Crippen LogP contribution in [0, 0.1) is 17.0 Å². The summed E-state index contributed by atoms with van der Waals surface area (Å²) < 4.78 is 0. The number of nitro groups is 1. The van der Waals surface area contributed by atoms with Crippen molar-refractivity contribution >= 4 is 11.6 Å². The van der Waals surface area contributed by atoms with Gasteiger partial charge in [-0.25, -0.2) is 0 Å². The van der Waals surface area contributed by atoms with E-state index in [1.165, 1.54) is 6.07 Å². The zero-order chi connectivity index (χ0) is 14.8. The average molecular weight is 277 g/mol. The molecule has 108 valence electrons. The third kappa shape index (κ3) is 3.14. The van der Waals surface area contributed by atoms with Crippen LogP contribution in [0.15, 0.2) is 18.2 Å². The Hall–Kier alpha value is -1.95. The molecule has 6 nitrogen and oxygen atoms in total. The molecule has 3 N–H and O–H groups in total. The fourth-order valence-corrected chi connectivity index (χ4v) is 2.44. The summed E-state index contributed by atoms with van der Waals surface area (Å²) in [7, 11) is 0. The van der Waals surface area contributed by atoms with Crippen molar-refractivity contribution in [1.29, 1.82) is 0 Å². The molecule has 1 amide bonds. The largest absolute Gasteiger partial charge is 0.352 e. The number of rotatable bonds is 5. The van der Waals surface area contributed by atoms with Crippen LogP contribution in [-0.2, 0) is 11.3 Å². The Kier molecular flexibility index (Phi) is 4.04. The lowest BCUT2D eigenvalue weighted by Gasteiger charge is -2.37. The van der Waals surface area contributed by atoms with Crippen LogP contribution in [0.2, 0.25) is 0 Å². The third-order valence-corrected chi connectivity index (χ3v) is 3.95. The van der Waals surface area contributed by atoms with Crippen molar-refractivity contribution < 1.29 is 9.72 Å². The summed E-state index contributed by atoms with van der Waals surface area (Å²) in [4.78, 5) is 22.3. The van der Waals surface area contributed by atoms with Gasteiger partial charge in [0.15, 0.2) is 0 Å². The average Bonchev–Trinajstić information content (AvgIpc) is 2.35. The monoisotopic (exact) mass is 277 g/mol. The van der Waals surface area contributed by atoms with Gasteiger partial charge in [-0.05, 0) is 31.7 Å². The second-order valence-electron chi connectivity index (χ2n) is 5.49. The first-order valence-corrected chi connectivity index (χ1v) is 6.70. The zero-order valence-corrected chi connectivity index (χ0v) is 11.5. The molecule has 1 aliphatic rings. The van der Waals surface area contributed by atoms with Crippen LogP contribution in [0.4, 0.5) is 5.69 Å².